The van der Waals surface area contributed by atoms with Crippen molar-refractivity contribution >= 4 is 76.2 Å². The van der Waals surface area contributed by atoms with Gasteiger partial charge in [-0.1, -0.05) is 109 Å². The Bertz CT molecular complexity index is 3460. The van der Waals surface area contributed by atoms with Crippen molar-refractivity contribution in [3.05, 3.63) is 176 Å². The van der Waals surface area contributed by atoms with Crippen molar-refractivity contribution in [1.82, 2.24) is 23.7 Å². The van der Waals surface area contributed by atoms with Crippen molar-refractivity contribution < 1.29 is 0 Å². The van der Waals surface area contributed by atoms with E-state index >= 15 is 0 Å². The number of para-hydroxylation sites is 6. The molecule has 1 aliphatic rings. The zero-order valence-corrected chi connectivity index (χ0v) is 29.5. The molecule has 0 aliphatic heterocycles. The van der Waals surface area contributed by atoms with E-state index in [4.69, 9.17) is 9.97 Å². The molecular formula is C50H29N5. The van der Waals surface area contributed by atoms with Crippen LogP contribution in [-0.2, 0) is 0 Å². The van der Waals surface area contributed by atoms with Gasteiger partial charge in [-0.15, -0.1) is 0 Å². The molecule has 5 heteroatoms. The molecule has 5 nitrogen and oxygen atoms in total. The molecular weight excluding hydrogens is 671 g/mol. The van der Waals surface area contributed by atoms with Crippen LogP contribution in [-0.4, -0.2) is 23.7 Å². The molecule has 4 heterocycles. The fraction of sp³-hybridized carbons (Fsp3) is 0. The van der Waals surface area contributed by atoms with E-state index < -0.39 is 0 Å². The molecule has 254 valence electrons. The predicted octanol–water partition coefficient (Wildman–Crippen LogP) is 12.6. The number of hydrogen-bond acceptors (Lipinski definition) is 2. The van der Waals surface area contributed by atoms with Crippen LogP contribution in [0.4, 0.5) is 0 Å². The molecule has 0 amide bonds. The average molecular weight is 700 g/mol. The van der Waals surface area contributed by atoms with Crippen LogP contribution in [0.2, 0.25) is 0 Å². The van der Waals surface area contributed by atoms with Gasteiger partial charge in [0, 0.05) is 66.6 Å². The SMILES string of the molecule is c1ccc2c(c1)c1ccccc1n2-c1cc(-n2c3ccccc3c3ccccc32)c2c(-n3c4ccccc4c4ccccc43)ccc3c2c1-c1nccnc1-3. The average Bonchev–Trinajstić information content (AvgIpc) is 3.97. The molecule has 0 bridgehead atoms. The highest BCUT2D eigenvalue weighted by molar-refractivity contribution is 6.24. The van der Waals surface area contributed by atoms with Crippen LogP contribution in [0.25, 0.3) is 116 Å². The number of hydrogen-bond donors (Lipinski definition) is 0. The first-order valence-electron chi connectivity index (χ1n) is 18.8. The Labute approximate surface area is 314 Å². The number of fused-ring (bicyclic) bond motifs is 12. The minimum atomic E-state index is 0.910. The minimum absolute atomic E-state index is 0.910. The van der Waals surface area contributed by atoms with Gasteiger partial charge in [-0.2, -0.15) is 0 Å². The molecule has 0 saturated carbocycles. The molecule has 0 spiro atoms. The summed E-state index contributed by atoms with van der Waals surface area (Å²) >= 11 is 0. The van der Waals surface area contributed by atoms with E-state index in [-0.39, 0.29) is 0 Å². The normalized spacial score (nSPS) is 12.4. The topological polar surface area (TPSA) is 40.6 Å². The summed E-state index contributed by atoms with van der Waals surface area (Å²) in [5, 5.41) is 9.69. The molecule has 55 heavy (non-hydrogen) atoms. The van der Waals surface area contributed by atoms with Crippen molar-refractivity contribution in [2.45, 2.75) is 0 Å². The highest BCUT2D eigenvalue weighted by Gasteiger charge is 2.33. The van der Waals surface area contributed by atoms with Gasteiger partial charge in [0.05, 0.1) is 61.6 Å². The first kappa shape index (κ1) is 29.0. The van der Waals surface area contributed by atoms with Crippen LogP contribution >= 0.6 is 0 Å². The lowest BCUT2D eigenvalue weighted by Crippen LogP contribution is -2.05. The van der Waals surface area contributed by atoms with Crippen LogP contribution in [0.3, 0.4) is 0 Å². The lowest BCUT2D eigenvalue weighted by Gasteiger charge is -2.22. The van der Waals surface area contributed by atoms with Crippen molar-refractivity contribution in [2.24, 2.45) is 0 Å². The molecule has 0 N–H and O–H groups in total. The molecule has 0 unspecified atom stereocenters. The Hall–Kier alpha value is -7.50. The molecule has 8 aromatic carbocycles. The number of nitrogens with zero attached hydrogens (tertiary/aromatic N) is 5. The Balaban J connectivity index is 1.31. The van der Waals surface area contributed by atoms with Crippen LogP contribution < -0.4 is 0 Å². The highest BCUT2D eigenvalue weighted by Crippen LogP contribution is 2.53. The Kier molecular flexibility index (Phi) is 5.57. The summed E-state index contributed by atoms with van der Waals surface area (Å²) in [6.45, 7) is 0. The van der Waals surface area contributed by atoms with Gasteiger partial charge >= 0.3 is 0 Å². The summed E-state index contributed by atoms with van der Waals surface area (Å²) in [4.78, 5) is 10.2. The van der Waals surface area contributed by atoms with E-state index in [9.17, 15) is 0 Å². The number of benzene rings is 8. The van der Waals surface area contributed by atoms with E-state index in [2.05, 4.69) is 177 Å². The van der Waals surface area contributed by atoms with Gasteiger partial charge in [0.1, 0.15) is 0 Å². The largest absolute Gasteiger partial charge is 0.309 e. The van der Waals surface area contributed by atoms with E-state index in [1.165, 1.54) is 43.4 Å². The maximum absolute atomic E-state index is 5.12. The highest BCUT2D eigenvalue weighted by atomic mass is 15.0. The lowest BCUT2D eigenvalue weighted by atomic mass is 9.97. The second-order valence-electron chi connectivity index (χ2n) is 14.5. The Morgan fingerprint density at radius 3 is 1.11 bits per heavy atom. The van der Waals surface area contributed by atoms with Crippen molar-refractivity contribution in [3.8, 4) is 39.6 Å². The third-order valence-electron chi connectivity index (χ3n) is 11.9. The molecule has 0 fully saturated rings. The first-order valence-corrected chi connectivity index (χ1v) is 18.8. The van der Waals surface area contributed by atoms with E-state index in [0.717, 1.165) is 72.4 Å². The standard InChI is InChI=1S/C50H29N5/c1-7-19-37-30(13-1)31-14-2-8-20-38(31)53(37)43-26-25-36-46-47(43)44(54-39-21-9-3-15-32(39)33-16-4-10-22-40(33)54)29-45(48(46)50-49(36)51-27-28-52-50)55-41-23-11-5-17-34(41)35-18-6-12-24-42(35)55/h1-29H. The molecule has 12 aromatic rings. The summed E-state index contributed by atoms with van der Waals surface area (Å²) in [6, 6.07) is 59.7. The second kappa shape index (κ2) is 10.6. The maximum Gasteiger partial charge on any atom is 0.0993 e. The fourth-order valence-corrected chi connectivity index (χ4v) is 9.75. The zero-order valence-electron chi connectivity index (χ0n) is 29.5. The smallest absolute Gasteiger partial charge is 0.0993 e. The van der Waals surface area contributed by atoms with Crippen LogP contribution in [0.15, 0.2) is 176 Å². The van der Waals surface area contributed by atoms with E-state index in [0.29, 0.717) is 0 Å². The molecule has 1 aliphatic carbocycles. The molecule has 13 rings (SSSR count). The van der Waals surface area contributed by atoms with Crippen molar-refractivity contribution in [3.63, 3.8) is 0 Å². The van der Waals surface area contributed by atoms with Gasteiger partial charge in [0.15, 0.2) is 0 Å². The lowest BCUT2D eigenvalue weighted by molar-refractivity contribution is 1.14. The second-order valence-corrected chi connectivity index (χ2v) is 14.5. The van der Waals surface area contributed by atoms with Gasteiger partial charge < -0.3 is 13.7 Å². The third kappa shape index (κ3) is 3.67. The Morgan fingerprint density at radius 1 is 0.309 bits per heavy atom. The summed E-state index contributed by atoms with van der Waals surface area (Å²) in [6.07, 6.45) is 3.66. The van der Waals surface area contributed by atoms with Crippen LogP contribution in [0.5, 0.6) is 0 Å². The van der Waals surface area contributed by atoms with E-state index in [1.54, 1.807) is 0 Å². The predicted molar refractivity (Wildman–Crippen MR) is 227 cm³/mol. The fourth-order valence-electron chi connectivity index (χ4n) is 9.75. The Morgan fingerprint density at radius 2 is 0.673 bits per heavy atom. The van der Waals surface area contributed by atoms with Crippen LogP contribution in [0, 0.1) is 0 Å². The quantitative estimate of drug-likeness (QED) is 0.184. The van der Waals surface area contributed by atoms with Gasteiger partial charge in [0.2, 0.25) is 0 Å². The summed E-state index contributed by atoms with van der Waals surface area (Å²) < 4.78 is 7.42. The molecule has 0 radical (unpaired) electrons. The first-order chi connectivity index (χ1) is 27.3. The number of aromatic nitrogens is 5. The van der Waals surface area contributed by atoms with Gasteiger partial charge in [-0.3, -0.25) is 9.97 Å². The summed E-state index contributed by atoms with van der Waals surface area (Å²) in [7, 11) is 0. The van der Waals surface area contributed by atoms with Gasteiger partial charge in [-0.25, -0.2) is 0 Å². The molecule has 0 atom stereocenters. The molecule has 0 saturated heterocycles. The van der Waals surface area contributed by atoms with Gasteiger partial charge in [-0.05, 0) is 54.6 Å². The van der Waals surface area contributed by atoms with Crippen LogP contribution in [0.1, 0.15) is 0 Å². The maximum atomic E-state index is 5.12. The van der Waals surface area contributed by atoms with Gasteiger partial charge in [0.25, 0.3) is 0 Å². The number of rotatable bonds is 3. The van der Waals surface area contributed by atoms with E-state index in [1.807, 2.05) is 12.4 Å². The minimum Gasteiger partial charge on any atom is -0.309 e. The van der Waals surface area contributed by atoms with Crippen molar-refractivity contribution in [2.75, 3.05) is 0 Å². The summed E-state index contributed by atoms with van der Waals surface area (Å²) in [5.41, 5.74) is 14.3. The van der Waals surface area contributed by atoms with Crippen molar-refractivity contribution in [1.29, 1.82) is 0 Å². The summed E-state index contributed by atoms with van der Waals surface area (Å²) in [5.74, 6) is 0. The molecule has 4 aromatic heterocycles. The third-order valence-corrected chi connectivity index (χ3v) is 11.9. The zero-order chi connectivity index (χ0) is 35.8. The monoisotopic (exact) mass is 699 g/mol.